The van der Waals surface area contributed by atoms with Gasteiger partial charge in [-0.15, -0.1) is 0 Å². The molecule has 0 aliphatic carbocycles. The predicted octanol–water partition coefficient (Wildman–Crippen LogP) is 2.06. The van der Waals surface area contributed by atoms with E-state index in [1.165, 1.54) is 0 Å². The van der Waals surface area contributed by atoms with Crippen molar-refractivity contribution in [1.82, 2.24) is 0 Å². The fourth-order valence-electron chi connectivity index (χ4n) is 1.01. The van der Waals surface area contributed by atoms with Crippen LogP contribution in [-0.4, -0.2) is 24.6 Å². The average molecular weight is 216 g/mol. The molecule has 15 heavy (non-hydrogen) atoms. The van der Waals surface area contributed by atoms with Crippen LogP contribution in [0, 0.1) is 0 Å². The van der Waals surface area contributed by atoms with E-state index in [1.54, 1.807) is 6.92 Å². The maximum Gasteiger partial charge on any atom is 0.306 e. The Bertz CT molecular complexity index is 201. The van der Waals surface area contributed by atoms with Crippen molar-refractivity contribution in [3.63, 3.8) is 0 Å². The summed E-state index contributed by atoms with van der Waals surface area (Å²) in [7, 11) is 0. The second-order valence-corrected chi connectivity index (χ2v) is 3.48. The first-order valence-corrected chi connectivity index (χ1v) is 5.45. The van der Waals surface area contributed by atoms with E-state index in [4.69, 9.17) is 9.47 Å². The van der Waals surface area contributed by atoms with Crippen LogP contribution in [0.25, 0.3) is 0 Å². The maximum atomic E-state index is 11.1. The van der Waals surface area contributed by atoms with Crippen molar-refractivity contribution in [3.05, 3.63) is 0 Å². The van der Waals surface area contributed by atoms with Crippen molar-refractivity contribution in [2.75, 3.05) is 6.61 Å². The molecule has 0 saturated heterocycles. The Morgan fingerprint density at radius 2 is 1.60 bits per heavy atom. The van der Waals surface area contributed by atoms with Gasteiger partial charge in [0.2, 0.25) is 0 Å². The minimum atomic E-state index is -0.357. The summed E-state index contributed by atoms with van der Waals surface area (Å²) in [5.74, 6) is -0.479. The van der Waals surface area contributed by atoms with E-state index in [0.29, 0.717) is 12.8 Å². The Morgan fingerprint density at radius 3 is 2.13 bits per heavy atom. The molecule has 0 aliphatic heterocycles. The van der Waals surface area contributed by atoms with Crippen molar-refractivity contribution < 1.29 is 19.1 Å². The molecular formula is C11H20O4. The van der Waals surface area contributed by atoms with Crippen LogP contribution in [0.4, 0.5) is 0 Å². The number of ether oxygens (including phenoxy) is 2. The molecule has 0 radical (unpaired) electrons. The Morgan fingerprint density at radius 1 is 1.07 bits per heavy atom. The van der Waals surface area contributed by atoms with Crippen molar-refractivity contribution in [1.29, 1.82) is 0 Å². The summed E-state index contributed by atoms with van der Waals surface area (Å²) in [6, 6.07) is 0. The molecule has 0 aliphatic rings. The highest BCUT2D eigenvalue weighted by Crippen LogP contribution is 1.99. The fraction of sp³-hybridized carbons (Fsp3) is 0.818. The van der Waals surface area contributed by atoms with Gasteiger partial charge in [0.25, 0.3) is 0 Å². The van der Waals surface area contributed by atoms with Gasteiger partial charge >= 0.3 is 11.9 Å². The summed E-state index contributed by atoms with van der Waals surface area (Å²) in [6.45, 7) is 5.68. The highest BCUT2D eigenvalue weighted by Gasteiger charge is 2.10. The smallest absolute Gasteiger partial charge is 0.306 e. The Balaban J connectivity index is 3.60. The second-order valence-electron chi connectivity index (χ2n) is 3.48. The van der Waals surface area contributed by atoms with Crippen LogP contribution >= 0.6 is 0 Å². The third kappa shape index (κ3) is 7.97. The molecule has 0 rings (SSSR count). The molecule has 88 valence electrons. The molecule has 0 heterocycles. The standard InChI is InChI=1S/C11H20O4/c1-4-6-10(12)14-8-9(3)15-11(13)7-5-2/h9H,4-8H2,1-3H3/t9-/m1/s1. The van der Waals surface area contributed by atoms with E-state index in [9.17, 15) is 9.59 Å². The molecule has 0 aromatic carbocycles. The molecular weight excluding hydrogens is 196 g/mol. The molecule has 0 aromatic rings. The van der Waals surface area contributed by atoms with Gasteiger partial charge in [0, 0.05) is 12.8 Å². The third-order valence-corrected chi connectivity index (χ3v) is 1.72. The highest BCUT2D eigenvalue weighted by molar-refractivity contribution is 5.70. The third-order valence-electron chi connectivity index (χ3n) is 1.72. The quantitative estimate of drug-likeness (QED) is 0.611. The van der Waals surface area contributed by atoms with Crippen molar-refractivity contribution in [2.45, 2.75) is 52.6 Å². The molecule has 0 N–H and O–H groups in total. The summed E-state index contributed by atoms with van der Waals surface area (Å²) in [5.41, 5.74) is 0. The first kappa shape index (κ1) is 13.9. The van der Waals surface area contributed by atoms with Crippen LogP contribution in [0.3, 0.4) is 0 Å². The lowest BCUT2D eigenvalue weighted by molar-refractivity contribution is -0.158. The van der Waals surface area contributed by atoms with Crippen LogP contribution in [0.15, 0.2) is 0 Å². The Kier molecular flexibility index (Phi) is 7.68. The second kappa shape index (κ2) is 8.26. The molecule has 0 aromatic heterocycles. The highest BCUT2D eigenvalue weighted by atomic mass is 16.6. The lowest BCUT2D eigenvalue weighted by Crippen LogP contribution is -2.22. The first-order chi connectivity index (χ1) is 7.10. The van der Waals surface area contributed by atoms with Gasteiger partial charge in [-0.05, 0) is 19.8 Å². The number of hydrogen-bond acceptors (Lipinski definition) is 4. The number of carbonyl (C=O) groups excluding carboxylic acids is 2. The normalized spacial score (nSPS) is 11.9. The fourth-order valence-corrected chi connectivity index (χ4v) is 1.01. The van der Waals surface area contributed by atoms with Gasteiger partial charge in [0.05, 0.1) is 0 Å². The lowest BCUT2D eigenvalue weighted by atomic mass is 10.3. The first-order valence-electron chi connectivity index (χ1n) is 5.45. The summed E-state index contributed by atoms with van der Waals surface area (Å²) < 4.78 is 9.91. The molecule has 0 unspecified atom stereocenters. The van der Waals surface area contributed by atoms with Gasteiger partial charge in [-0.1, -0.05) is 13.8 Å². The van der Waals surface area contributed by atoms with Crippen molar-refractivity contribution >= 4 is 11.9 Å². The van der Waals surface area contributed by atoms with E-state index in [-0.39, 0.29) is 24.6 Å². The maximum absolute atomic E-state index is 11.1. The molecule has 0 saturated carbocycles. The van der Waals surface area contributed by atoms with Crippen LogP contribution in [0.5, 0.6) is 0 Å². The monoisotopic (exact) mass is 216 g/mol. The van der Waals surface area contributed by atoms with Crippen LogP contribution in [0.1, 0.15) is 46.5 Å². The zero-order valence-corrected chi connectivity index (χ0v) is 9.75. The van der Waals surface area contributed by atoms with Gasteiger partial charge in [-0.3, -0.25) is 9.59 Å². The Hall–Kier alpha value is -1.06. The minimum Gasteiger partial charge on any atom is -0.462 e. The number of hydrogen-bond donors (Lipinski definition) is 0. The largest absolute Gasteiger partial charge is 0.462 e. The molecule has 0 amide bonds. The van der Waals surface area contributed by atoms with Gasteiger partial charge in [0.1, 0.15) is 12.7 Å². The molecule has 4 nitrogen and oxygen atoms in total. The van der Waals surface area contributed by atoms with Gasteiger partial charge in [-0.25, -0.2) is 0 Å². The van der Waals surface area contributed by atoms with Crippen LogP contribution in [0.2, 0.25) is 0 Å². The van der Waals surface area contributed by atoms with Gasteiger partial charge in [0.15, 0.2) is 0 Å². The van der Waals surface area contributed by atoms with Crippen LogP contribution in [-0.2, 0) is 19.1 Å². The zero-order valence-electron chi connectivity index (χ0n) is 9.75. The van der Waals surface area contributed by atoms with Crippen molar-refractivity contribution in [2.24, 2.45) is 0 Å². The SMILES string of the molecule is CCCC(=O)OC[C@@H](C)OC(=O)CCC. The van der Waals surface area contributed by atoms with Gasteiger partial charge < -0.3 is 9.47 Å². The van der Waals surface area contributed by atoms with E-state index >= 15 is 0 Å². The van der Waals surface area contributed by atoms with E-state index < -0.39 is 0 Å². The van der Waals surface area contributed by atoms with Gasteiger partial charge in [-0.2, -0.15) is 0 Å². The number of esters is 2. The van der Waals surface area contributed by atoms with E-state index in [0.717, 1.165) is 12.8 Å². The molecule has 0 fully saturated rings. The van der Waals surface area contributed by atoms with E-state index in [1.807, 2.05) is 13.8 Å². The molecule has 1 atom stereocenters. The number of rotatable bonds is 7. The predicted molar refractivity (Wildman–Crippen MR) is 56.3 cm³/mol. The minimum absolute atomic E-state index is 0.147. The summed E-state index contributed by atoms with van der Waals surface area (Å²) in [4.78, 5) is 22.1. The molecule has 0 bridgehead atoms. The topological polar surface area (TPSA) is 52.6 Å². The summed E-state index contributed by atoms with van der Waals surface area (Å²) in [5, 5.41) is 0. The number of carbonyl (C=O) groups is 2. The average Bonchev–Trinajstić information content (AvgIpc) is 2.15. The van der Waals surface area contributed by atoms with Crippen LogP contribution < -0.4 is 0 Å². The summed E-state index contributed by atoms with van der Waals surface area (Å²) >= 11 is 0. The lowest BCUT2D eigenvalue weighted by Gasteiger charge is -2.13. The van der Waals surface area contributed by atoms with E-state index in [2.05, 4.69) is 0 Å². The molecule has 0 spiro atoms. The Labute approximate surface area is 90.9 Å². The zero-order chi connectivity index (χ0) is 11.7. The van der Waals surface area contributed by atoms with Crippen molar-refractivity contribution in [3.8, 4) is 0 Å². The summed E-state index contributed by atoms with van der Waals surface area (Å²) in [6.07, 6.45) is 2.00. The molecule has 4 heteroatoms.